The van der Waals surface area contributed by atoms with E-state index in [1.807, 2.05) is 30.3 Å². The van der Waals surface area contributed by atoms with E-state index >= 15 is 0 Å². The van der Waals surface area contributed by atoms with Crippen LogP contribution in [0.1, 0.15) is 18.1 Å². The summed E-state index contributed by atoms with van der Waals surface area (Å²) in [4.78, 5) is 0.204. The number of methoxy groups -OCH3 is 2. The zero-order chi connectivity index (χ0) is 19.2. The van der Waals surface area contributed by atoms with E-state index in [-0.39, 0.29) is 11.4 Å². The number of ether oxygens (including phenoxy) is 2. The Balaban J connectivity index is 2.49. The smallest absolute Gasteiger partial charge is 0.279 e. The van der Waals surface area contributed by atoms with Gasteiger partial charge in [-0.3, -0.25) is 0 Å². The summed E-state index contributed by atoms with van der Waals surface area (Å²) in [7, 11) is -0.947. The molecule has 2 aromatic carbocycles. The third kappa shape index (κ3) is 4.69. The minimum atomic E-state index is -3.86. The van der Waals surface area contributed by atoms with Gasteiger partial charge in [0.1, 0.15) is 6.54 Å². The molecule has 0 aliphatic carbocycles. The maximum Gasteiger partial charge on any atom is 0.279 e. The lowest BCUT2D eigenvalue weighted by Gasteiger charge is -2.24. The molecule has 0 spiro atoms. The van der Waals surface area contributed by atoms with Crippen LogP contribution in [0.3, 0.4) is 0 Å². The third-order valence-corrected chi connectivity index (χ3v) is 5.73. The van der Waals surface area contributed by atoms with Crippen molar-refractivity contribution in [3.8, 4) is 0 Å². The van der Waals surface area contributed by atoms with Crippen molar-refractivity contribution < 1.29 is 17.9 Å². The Bertz CT molecular complexity index is 847. The van der Waals surface area contributed by atoms with E-state index in [1.165, 1.54) is 14.2 Å². The van der Waals surface area contributed by atoms with Crippen molar-refractivity contribution in [2.45, 2.75) is 25.0 Å². The normalized spacial score (nSPS) is 12.4. The number of nitrogens with zero attached hydrogens (tertiary/aromatic N) is 2. The Hall–Kier alpha value is -2.22. The maximum absolute atomic E-state index is 13.2. The lowest BCUT2D eigenvalue weighted by Crippen LogP contribution is -2.36. The van der Waals surface area contributed by atoms with E-state index in [0.29, 0.717) is 11.3 Å². The molecule has 0 saturated carbocycles. The van der Waals surface area contributed by atoms with Gasteiger partial charge >= 0.3 is 0 Å². The fourth-order valence-corrected chi connectivity index (χ4v) is 3.93. The van der Waals surface area contributed by atoms with Crippen LogP contribution >= 0.6 is 0 Å². The molecule has 2 rings (SSSR count). The average molecular weight is 376 g/mol. The molecule has 0 fully saturated rings. The van der Waals surface area contributed by atoms with Gasteiger partial charge in [0, 0.05) is 14.2 Å². The number of rotatable bonds is 8. The summed E-state index contributed by atoms with van der Waals surface area (Å²) in [5.41, 5.74) is 2.06. The zero-order valence-corrected chi connectivity index (χ0v) is 16.2. The van der Waals surface area contributed by atoms with Crippen LogP contribution in [0.15, 0.2) is 64.6 Å². The number of hydrogen-bond acceptors (Lipinski definition) is 5. The van der Waals surface area contributed by atoms with E-state index in [2.05, 4.69) is 5.10 Å². The molecule has 0 heterocycles. The molecule has 0 aliphatic heterocycles. The number of sulfonamides is 1. The molecule has 2 aromatic rings. The van der Waals surface area contributed by atoms with Gasteiger partial charge in [0.05, 0.1) is 10.6 Å². The number of aryl methyl sites for hydroxylation is 1. The second-order valence-electron chi connectivity index (χ2n) is 5.73. The molecule has 140 valence electrons. The summed E-state index contributed by atoms with van der Waals surface area (Å²) in [6.07, 6.45) is -0.735. The van der Waals surface area contributed by atoms with Crippen LogP contribution in [0, 0.1) is 6.92 Å². The van der Waals surface area contributed by atoms with Gasteiger partial charge < -0.3 is 9.47 Å². The first kappa shape index (κ1) is 20.1. The largest absolute Gasteiger partial charge is 0.354 e. The van der Waals surface area contributed by atoms with E-state index in [9.17, 15) is 8.42 Å². The Morgan fingerprint density at radius 3 is 2.19 bits per heavy atom. The molecule has 6 nitrogen and oxygen atoms in total. The lowest BCUT2D eigenvalue weighted by molar-refractivity contribution is -0.108. The first-order valence-corrected chi connectivity index (χ1v) is 9.58. The minimum Gasteiger partial charge on any atom is -0.354 e. The highest BCUT2D eigenvalue weighted by molar-refractivity contribution is 7.89. The Morgan fingerprint density at radius 2 is 1.62 bits per heavy atom. The van der Waals surface area contributed by atoms with Crippen molar-refractivity contribution in [1.82, 2.24) is 4.41 Å². The molecule has 0 atom stereocenters. The van der Waals surface area contributed by atoms with Crippen LogP contribution in [-0.2, 0) is 19.5 Å². The molecule has 0 aromatic heterocycles. The summed E-state index contributed by atoms with van der Waals surface area (Å²) in [6, 6.07) is 16.2. The standard InChI is InChI=1S/C19H24N2O4S/c1-15-10-8-9-13-18(15)26(22,23)21(14-19(24-3)25-4)20-16(2)17-11-6-5-7-12-17/h5-13,19H,14H2,1-4H3. The van der Waals surface area contributed by atoms with Crippen LogP contribution in [0.5, 0.6) is 0 Å². The molecular formula is C19H24N2O4S. The molecule has 0 N–H and O–H groups in total. The molecule has 0 aliphatic rings. The minimum absolute atomic E-state index is 0.0617. The summed E-state index contributed by atoms with van der Waals surface area (Å²) in [5.74, 6) is 0. The van der Waals surface area contributed by atoms with E-state index < -0.39 is 16.3 Å². The van der Waals surface area contributed by atoms with Crippen LogP contribution in [0.25, 0.3) is 0 Å². The summed E-state index contributed by atoms with van der Waals surface area (Å²) in [5, 5.41) is 4.37. The van der Waals surface area contributed by atoms with Crippen LogP contribution in [-0.4, -0.2) is 45.6 Å². The second-order valence-corrected chi connectivity index (χ2v) is 7.54. The van der Waals surface area contributed by atoms with Crippen molar-refractivity contribution in [2.75, 3.05) is 20.8 Å². The topological polar surface area (TPSA) is 68.2 Å². The quantitative estimate of drug-likeness (QED) is 0.403. The highest BCUT2D eigenvalue weighted by Crippen LogP contribution is 2.21. The number of hydrogen-bond donors (Lipinski definition) is 0. The second kappa shape index (κ2) is 8.93. The van der Waals surface area contributed by atoms with Gasteiger partial charge in [-0.05, 0) is 31.0 Å². The molecule has 0 unspecified atom stereocenters. The van der Waals surface area contributed by atoms with Crippen molar-refractivity contribution in [3.63, 3.8) is 0 Å². The maximum atomic E-state index is 13.2. The van der Waals surface area contributed by atoms with Crippen molar-refractivity contribution in [3.05, 3.63) is 65.7 Å². The van der Waals surface area contributed by atoms with E-state index in [0.717, 1.165) is 9.98 Å². The van der Waals surface area contributed by atoms with Crippen LogP contribution in [0.2, 0.25) is 0 Å². The first-order chi connectivity index (χ1) is 12.4. The fraction of sp³-hybridized carbons (Fsp3) is 0.316. The molecule has 0 saturated heterocycles. The third-order valence-electron chi connectivity index (χ3n) is 3.93. The molecule has 0 radical (unpaired) electrons. The highest BCUT2D eigenvalue weighted by Gasteiger charge is 2.28. The van der Waals surface area contributed by atoms with E-state index in [1.54, 1.807) is 38.1 Å². The van der Waals surface area contributed by atoms with Gasteiger partial charge in [-0.25, -0.2) is 0 Å². The Morgan fingerprint density at radius 1 is 1.04 bits per heavy atom. The van der Waals surface area contributed by atoms with Gasteiger partial charge in [-0.15, -0.1) is 0 Å². The number of benzene rings is 2. The summed E-state index contributed by atoms with van der Waals surface area (Å²) in [6.45, 7) is 3.46. The Labute approximate surface area is 155 Å². The van der Waals surface area contributed by atoms with Gasteiger partial charge in [0.25, 0.3) is 10.0 Å². The predicted octanol–water partition coefficient (Wildman–Crippen LogP) is 3.03. The molecular weight excluding hydrogens is 352 g/mol. The van der Waals surface area contributed by atoms with E-state index in [4.69, 9.17) is 9.47 Å². The predicted molar refractivity (Wildman–Crippen MR) is 102 cm³/mol. The van der Waals surface area contributed by atoms with Gasteiger partial charge in [-0.1, -0.05) is 48.5 Å². The molecule has 0 bridgehead atoms. The molecule has 7 heteroatoms. The first-order valence-electron chi connectivity index (χ1n) is 8.14. The summed E-state index contributed by atoms with van der Waals surface area (Å²) < 4.78 is 37.8. The van der Waals surface area contributed by atoms with Gasteiger partial charge in [-0.2, -0.15) is 17.9 Å². The fourth-order valence-electron chi connectivity index (χ4n) is 2.43. The van der Waals surface area contributed by atoms with Crippen molar-refractivity contribution >= 4 is 15.7 Å². The highest BCUT2D eigenvalue weighted by atomic mass is 32.2. The van der Waals surface area contributed by atoms with Gasteiger partial charge in [0.15, 0.2) is 6.29 Å². The zero-order valence-electron chi connectivity index (χ0n) is 15.4. The summed E-state index contributed by atoms with van der Waals surface area (Å²) >= 11 is 0. The molecule has 0 amide bonds. The average Bonchev–Trinajstić information content (AvgIpc) is 2.65. The van der Waals surface area contributed by atoms with Crippen LogP contribution < -0.4 is 0 Å². The van der Waals surface area contributed by atoms with Crippen molar-refractivity contribution in [2.24, 2.45) is 5.10 Å². The van der Waals surface area contributed by atoms with Gasteiger partial charge in [0.2, 0.25) is 0 Å². The Kier molecular flexibility index (Phi) is 6.90. The SMILES string of the molecule is COC(CN(N=C(C)c1ccccc1)S(=O)(=O)c1ccccc1C)OC. The monoisotopic (exact) mass is 376 g/mol. The number of hydrazone groups is 1. The lowest BCUT2D eigenvalue weighted by atomic mass is 10.1. The van der Waals surface area contributed by atoms with Crippen molar-refractivity contribution in [1.29, 1.82) is 0 Å². The molecule has 26 heavy (non-hydrogen) atoms. The van der Waals surface area contributed by atoms with Crippen LogP contribution in [0.4, 0.5) is 0 Å².